The zero-order valence-corrected chi connectivity index (χ0v) is 22.4. The molecule has 4 aromatic carbocycles. The first kappa shape index (κ1) is 26.8. The molecule has 0 aliphatic rings. The monoisotopic (exact) mass is 553 g/mol. The Morgan fingerprint density at radius 2 is 1.73 bits per heavy atom. The standard InChI is InChI=1S/C32H25ClFN3O3/c1-2-39-30-17-22(16-27(33)31(30)40-20-21-12-14-24(34)15-13-21)19-35-37-32(38)26-18-29(23-8-4-3-5-9-23)36-28-11-7-6-10-25(26)28/h3-19H,2,20H2,1H3,(H,37,38)/b35-19+. The number of amides is 1. The van der Waals surface area contributed by atoms with Gasteiger partial charge in [-0.1, -0.05) is 72.3 Å². The summed E-state index contributed by atoms with van der Waals surface area (Å²) in [6.45, 7) is 2.43. The van der Waals surface area contributed by atoms with Gasteiger partial charge in [0, 0.05) is 10.9 Å². The van der Waals surface area contributed by atoms with Gasteiger partial charge in [-0.3, -0.25) is 4.79 Å². The highest BCUT2D eigenvalue weighted by atomic mass is 35.5. The summed E-state index contributed by atoms with van der Waals surface area (Å²) in [5.74, 6) is 0.104. The van der Waals surface area contributed by atoms with Crippen LogP contribution in [0.1, 0.15) is 28.4 Å². The quantitative estimate of drug-likeness (QED) is 0.152. The van der Waals surface area contributed by atoms with Gasteiger partial charge in [0.1, 0.15) is 12.4 Å². The maximum atomic E-state index is 13.2. The molecule has 1 heterocycles. The van der Waals surface area contributed by atoms with E-state index in [2.05, 4.69) is 10.5 Å². The van der Waals surface area contributed by atoms with Gasteiger partial charge in [-0.2, -0.15) is 5.10 Å². The number of nitrogens with one attached hydrogen (secondary N) is 1. The van der Waals surface area contributed by atoms with Gasteiger partial charge >= 0.3 is 0 Å². The van der Waals surface area contributed by atoms with Crippen molar-refractivity contribution < 1.29 is 18.7 Å². The number of benzene rings is 4. The number of hydrogen-bond donors (Lipinski definition) is 1. The fourth-order valence-corrected chi connectivity index (χ4v) is 4.42. The Morgan fingerprint density at radius 3 is 2.50 bits per heavy atom. The van der Waals surface area contributed by atoms with E-state index in [4.69, 9.17) is 26.1 Å². The van der Waals surface area contributed by atoms with Gasteiger partial charge in [0.15, 0.2) is 11.5 Å². The van der Waals surface area contributed by atoms with E-state index < -0.39 is 0 Å². The molecule has 1 aromatic heterocycles. The Kier molecular flexibility index (Phi) is 8.32. The molecule has 0 unspecified atom stereocenters. The van der Waals surface area contributed by atoms with Crippen molar-refractivity contribution in [2.75, 3.05) is 6.61 Å². The van der Waals surface area contributed by atoms with Crippen LogP contribution in [0, 0.1) is 5.82 Å². The van der Waals surface area contributed by atoms with Crippen molar-refractivity contribution >= 4 is 34.6 Å². The zero-order chi connectivity index (χ0) is 27.9. The van der Waals surface area contributed by atoms with E-state index in [1.165, 1.54) is 18.3 Å². The Morgan fingerprint density at radius 1 is 0.975 bits per heavy atom. The summed E-state index contributed by atoms with van der Waals surface area (Å²) in [6, 6.07) is 28.3. The van der Waals surface area contributed by atoms with Crippen molar-refractivity contribution in [3.8, 4) is 22.8 Å². The number of carbonyl (C=O) groups excluding carboxylic acids is 1. The van der Waals surface area contributed by atoms with Crippen molar-refractivity contribution in [1.82, 2.24) is 10.4 Å². The normalized spacial score (nSPS) is 11.1. The first-order chi connectivity index (χ1) is 19.5. The minimum atomic E-state index is -0.373. The van der Waals surface area contributed by atoms with Gasteiger partial charge < -0.3 is 9.47 Å². The second-order valence-electron chi connectivity index (χ2n) is 8.82. The molecule has 0 fully saturated rings. The van der Waals surface area contributed by atoms with Crippen LogP contribution in [-0.2, 0) is 6.61 Å². The number of hydrogen-bond acceptors (Lipinski definition) is 5. The molecule has 0 saturated carbocycles. The number of halogens is 2. The molecule has 5 aromatic rings. The average molecular weight is 554 g/mol. The van der Waals surface area contributed by atoms with Crippen molar-refractivity contribution in [3.63, 3.8) is 0 Å². The summed E-state index contributed by atoms with van der Waals surface area (Å²) < 4.78 is 24.8. The van der Waals surface area contributed by atoms with E-state index in [9.17, 15) is 9.18 Å². The summed E-state index contributed by atoms with van der Waals surface area (Å²) >= 11 is 6.52. The van der Waals surface area contributed by atoms with Gasteiger partial charge in [0.2, 0.25) is 0 Å². The predicted molar refractivity (Wildman–Crippen MR) is 156 cm³/mol. The topological polar surface area (TPSA) is 72.8 Å². The number of para-hydroxylation sites is 1. The fraction of sp³-hybridized carbons (Fsp3) is 0.0938. The molecule has 1 amide bonds. The Labute approximate surface area is 236 Å². The van der Waals surface area contributed by atoms with E-state index in [1.54, 1.807) is 30.3 Å². The molecule has 8 heteroatoms. The minimum absolute atomic E-state index is 0.189. The van der Waals surface area contributed by atoms with Crippen LogP contribution < -0.4 is 14.9 Å². The van der Waals surface area contributed by atoms with E-state index in [0.29, 0.717) is 45.5 Å². The summed E-state index contributed by atoms with van der Waals surface area (Å²) in [7, 11) is 0. The van der Waals surface area contributed by atoms with Crippen LogP contribution in [-0.4, -0.2) is 23.7 Å². The highest BCUT2D eigenvalue weighted by Crippen LogP contribution is 2.37. The second-order valence-corrected chi connectivity index (χ2v) is 9.22. The molecule has 0 aliphatic carbocycles. The molecule has 0 spiro atoms. The van der Waals surface area contributed by atoms with E-state index in [-0.39, 0.29) is 18.3 Å². The molecule has 0 atom stereocenters. The van der Waals surface area contributed by atoms with Crippen LogP contribution in [0.25, 0.3) is 22.2 Å². The maximum absolute atomic E-state index is 13.2. The lowest BCUT2D eigenvalue weighted by Gasteiger charge is -2.14. The molecule has 40 heavy (non-hydrogen) atoms. The predicted octanol–water partition coefficient (Wildman–Crippen LogP) is 7.44. The molecule has 5 rings (SSSR count). The van der Waals surface area contributed by atoms with Gasteiger partial charge in [-0.05, 0) is 54.4 Å². The van der Waals surface area contributed by atoms with Gasteiger partial charge in [0.05, 0.1) is 34.6 Å². The second kappa shape index (κ2) is 12.4. The number of rotatable bonds is 9. The molecular weight excluding hydrogens is 529 g/mol. The number of hydrazone groups is 1. The van der Waals surface area contributed by atoms with Crippen LogP contribution in [0.3, 0.4) is 0 Å². The lowest BCUT2D eigenvalue weighted by Crippen LogP contribution is -2.18. The SMILES string of the molecule is CCOc1cc(/C=N/NC(=O)c2cc(-c3ccccc3)nc3ccccc23)cc(Cl)c1OCc1ccc(F)cc1. The smallest absolute Gasteiger partial charge is 0.272 e. The number of aromatic nitrogens is 1. The summed E-state index contributed by atoms with van der Waals surface area (Å²) in [4.78, 5) is 17.9. The molecule has 0 bridgehead atoms. The van der Waals surface area contributed by atoms with Crippen LogP contribution in [0.5, 0.6) is 11.5 Å². The van der Waals surface area contributed by atoms with Crippen LogP contribution in [0.2, 0.25) is 5.02 Å². The molecule has 0 radical (unpaired) electrons. The lowest BCUT2D eigenvalue weighted by atomic mass is 10.0. The van der Waals surface area contributed by atoms with Crippen molar-refractivity contribution in [3.05, 3.63) is 125 Å². The first-order valence-electron chi connectivity index (χ1n) is 12.6. The van der Waals surface area contributed by atoms with Gasteiger partial charge in [-0.15, -0.1) is 0 Å². The highest BCUT2D eigenvalue weighted by molar-refractivity contribution is 6.32. The van der Waals surface area contributed by atoms with Crippen LogP contribution >= 0.6 is 11.6 Å². The number of ether oxygens (including phenoxy) is 2. The average Bonchev–Trinajstić information content (AvgIpc) is 2.97. The molecule has 0 saturated heterocycles. The van der Waals surface area contributed by atoms with Crippen LogP contribution in [0.4, 0.5) is 4.39 Å². The van der Waals surface area contributed by atoms with E-state index in [1.807, 2.05) is 61.5 Å². The lowest BCUT2D eigenvalue weighted by molar-refractivity contribution is 0.0956. The molecule has 6 nitrogen and oxygen atoms in total. The Hall–Kier alpha value is -4.75. The van der Waals surface area contributed by atoms with Crippen molar-refractivity contribution in [2.24, 2.45) is 5.10 Å². The third-order valence-electron chi connectivity index (χ3n) is 6.04. The Bertz CT molecular complexity index is 1680. The van der Waals surface area contributed by atoms with E-state index >= 15 is 0 Å². The largest absolute Gasteiger partial charge is 0.490 e. The fourth-order valence-electron chi connectivity index (χ4n) is 4.15. The van der Waals surface area contributed by atoms with Crippen LogP contribution in [0.15, 0.2) is 102 Å². The third kappa shape index (κ3) is 6.27. The first-order valence-corrected chi connectivity index (χ1v) is 13.0. The molecule has 1 N–H and O–H groups in total. The van der Waals surface area contributed by atoms with Gasteiger partial charge in [0.25, 0.3) is 5.91 Å². The highest BCUT2D eigenvalue weighted by Gasteiger charge is 2.15. The van der Waals surface area contributed by atoms with Crippen molar-refractivity contribution in [2.45, 2.75) is 13.5 Å². The van der Waals surface area contributed by atoms with Gasteiger partial charge in [-0.25, -0.2) is 14.8 Å². The number of nitrogens with zero attached hydrogens (tertiary/aromatic N) is 2. The molecule has 200 valence electrons. The van der Waals surface area contributed by atoms with E-state index in [0.717, 1.165) is 16.5 Å². The number of fused-ring (bicyclic) bond motifs is 1. The zero-order valence-electron chi connectivity index (χ0n) is 21.6. The third-order valence-corrected chi connectivity index (χ3v) is 6.32. The maximum Gasteiger partial charge on any atom is 0.272 e. The summed E-state index contributed by atoms with van der Waals surface area (Å²) in [5.41, 5.74) is 6.77. The molecule has 0 aliphatic heterocycles. The van der Waals surface area contributed by atoms with Crippen molar-refractivity contribution in [1.29, 1.82) is 0 Å². The summed E-state index contributed by atoms with van der Waals surface area (Å²) in [5, 5.41) is 5.20. The Balaban J connectivity index is 1.36. The molecular formula is C32H25ClFN3O3. The number of pyridine rings is 1. The minimum Gasteiger partial charge on any atom is -0.490 e. The summed E-state index contributed by atoms with van der Waals surface area (Å²) in [6.07, 6.45) is 1.48. The number of carbonyl (C=O) groups is 1.